The van der Waals surface area contributed by atoms with Crippen LogP contribution in [0.5, 0.6) is 46.0 Å². The van der Waals surface area contributed by atoms with Crippen molar-refractivity contribution in [3.63, 3.8) is 0 Å². The molecule has 7 heterocycles. The van der Waals surface area contributed by atoms with Crippen molar-refractivity contribution in [1.82, 2.24) is 37.2 Å². The molecule has 12 rings (SSSR count). The van der Waals surface area contributed by atoms with Crippen molar-refractivity contribution in [2.24, 2.45) is 29.0 Å². The van der Waals surface area contributed by atoms with E-state index in [0.717, 1.165) is 43.3 Å². The van der Waals surface area contributed by atoms with Gasteiger partial charge in [0.1, 0.15) is 64.7 Å². The van der Waals surface area contributed by atoms with Crippen LogP contribution in [0.2, 0.25) is 10.0 Å². The van der Waals surface area contributed by atoms with Crippen LogP contribution in [0.3, 0.4) is 0 Å². The summed E-state index contributed by atoms with van der Waals surface area (Å²) in [6.45, 7) is 7.93. The quantitative estimate of drug-likeness (QED) is 0.0438. The predicted molar refractivity (Wildman–Crippen MR) is 369 cm³/mol. The first kappa shape index (κ1) is 78.5. The molecule has 33 nitrogen and oxygen atoms in total. The van der Waals surface area contributed by atoms with E-state index in [2.05, 4.69) is 37.2 Å². The van der Waals surface area contributed by atoms with Gasteiger partial charge in [0.05, 0.1) is 53.4 Å². The van der Waals surface area contributed by atoms with Gasteiger partial charge in [-0.25, -0.2) is 0 Å². The third kappa shape index (κ3) is 16.4. The second-order valence-corrected chi connectivity index (χ2v) is 28.7. The maximum Gasteiger partial charge on any atom is 0.311 e. The minimum Gasteiger partial charge on any atom is -0.508 e. The number of hydrogen-bond donors (Lipinski definition) is 19. The number of ketones is 1. The second kappa shape index (κ2) is 30.8. The van der Waals surface area contributed by atoms with Crippen LogP contribution in [-0.4, -0.2) is 180 Å². The van der Waals surface area contributed by atoms with Crippen molar-refractivity contribution < 1.29 is 113 Å². The maximum atomic E-state index is 16.2. The highest BCUT2D eigenvalue weighted by Gasteiger charge is 2.62. The molecule has 2 saturated heterocycles. The molecule has 35 heteroatoms. The largest absolute Gasteiger partial charge is 0.508 e. The van der Waals surface area contributed by atoms with Crippen molar-refractivity contribution in [3.8, 4) is 57.1 Å². The Balaban J connectivity index is 1.27. The minimum absolute atomic E-state index is 0.0959. The molecule has 1 spiro atoms. The first-order valence-electron chi connectivity index (χ1n) is 33.4. The molecule has 0 aromatic heterocycles. The molecule has 22 N–H and O–H groups in total. The molecule has 0 aliphatic carbocycles. The van der Waals surface area contributed by atoms with Gasteiger partial charge in [0, 0.05) is 42.1 Å². The zero-order valence-corrected chi connectivity index (χ0v) is 59.3. The highest BCUT2D eigenvalue weighted by atomic mass is 35.5. The highest BCUT2D eigenvalue weighted by Crippen LogP contribution is 2.52. The lowest BCUT2D eigenvalue weighted by atomic mass is 9.80. The summed E-state index contributed by atoms with van der Waals surface area (Å²) in [7, 11) is 1.18. The summed E-state index contributed by atoms with van der Waals surface area (Å²) in [5.41, 5.74) is 7.89. The number of phenols is 3. The van der Waals surface area contributed by atoms with E-state index in [4.69, 9.17) is 68.8 Å². The lowest BCUT2D eigenvalue weighted by Gasteiger charge is -2.45. The smallest absolute Gasteiger partial charge is 0.311 e. The number of carboxylic acid groups (broad SMARTS) is 1. The van der Waals surface area contributed by atoms with Crippen LogP contribution in [0.25, 0.3) is 11.1 Å². The lowest BCUT2D eigenvalue weighted by Crippen LogP contribution is -2.77. The van der Waals surface area contributed by atoms with Gasteiger partial charge in [0.15, 0.2) is 41.6 Å². The van der Waals surface area contributed by atoms with Crippen LogP contribution < -0.4 is 68.6 Å². The fraction of sp³-hybridized carbons (Fsp3) is 0.457. The highest BCUT2D eigenvalue weighted by molar-refractivity contribution is 6.32. The van der Waals surface area contributed by atoms with Gasteiger partial charge < -0.3 is 118 Å². The molecule has 7 aliphatic heterocycles. The minimum atomic E-state index is -2.79. The number of Topliss-reactive ketones (excluding diaryl/α,β-unsaturated/α-hetero) is 1. The number of carboxylic acids is 1. The van der Waals surface area contributed by atoms with Gasteiger partial charge in [-0.05, 0) is 129 Å². The molecule has 0 radical (unpaired) electrons. The number of ether oxygens (including phenoxy) is 6. The number of aliphatic hydroxyl groups is 5. The number of benzene rings is 5. The number of carbonyl (C=O) groups is 8. The van der Waals surface area contributed by atoms with Gasteiger partial charge in [0.25, 0.3) is 5.91 Å². The summed E-state index contributed by atoms with van der Waals surface area (Å²) in [6, 6.07) is 7.61. The van der Waals surface area contributed by atoms with E-state index in [-0.39, 0.29) is 74.7 Å². The topological polar surface area (TPSA) is 546 Å². The number of fused-ring (bicyclic) bond motifs is 15. The molecule has 6 amide bonds. The first-order valence-corrected chi connectivity index (χ1v) is 34.2. The summed E-state index contributed by atoms with van der Waals surface area (Å²) in [6.07, 6.45) is -15.6. The molecule has 11 bridgehead atoms. The Hall–Kier alpha value is -9.04. The summed E-state index contributed by atoms with van der Waals surface area (Å²) >= 11 is 14.4. The number of amides is 6. The molecular weight excluding hydrogens is 1420 g/mol. The Kier molecular flexibility index (Phi) is 23.0. The average molecular weight is 1500 g/mol. The molecule has 0 saturated carbocycles. The number of aliphatic carboxylic acids is 1. The van der Waals surface area contributed by atoms with Gasteiger partial charge in [-0.3, -0.25) is 49.0 Å². The third-order valence-electron chi connectivity index (χ3n) is 18.8. The zero-order valence-electron chi connectivity index (χ0n) is 57.8. The van der Waals surface area contributed by atoms with Gasteiger partial charge >= 0.3 is 5.97 Å². The summed E-state index contributed by atoms with van der Waals surface area (Å²) < 4.78 is 38.4. The van der Waals surface area contributed by atoms with Gasteiger partial charge in [-0.2, -0.15) is 0 Å². The SMILES string of the molecule is CNC1(NC(=O)C(CN)CC(C)C)C(=O)NC(CC(N)=O)C(=O)NC2C(=O)NC3CC(=O)NC4(NC4c4ccc(c(Cl)c4)Oc4cc2cc(c4OC2OC(CO)C(O)C(O)C2OC(CC(C)(C)N)OC(C)O)Oc2ccc(cc2Cl)C1(C)O)C(=O)CC(C(=O)O)c1cc(O)cc(O)c1-c1cc3ccc1O. The molecule has 5 aromatic rings. The van der Waals surface area contributed by atoms with Crippen LogP contribution in [0, 0.1) is 11.8 Å². The molecule has 16 unspecified atom stereocenters. The molecule has 5 aromatic carbocycles. The van der Waals surface area contributed by atoms with E-state index in [1.807, 2.05) is 13.8 Å². The standard InChI is InChI=1S/C70H84Cl2N10O23/c1-28(2)14-33(26-73)61(93)82-70(76-7)66(98)78-42(23-51(74)89)62(94)79-55-32-17-47(58(48(18-32)102-46-13-10-34(19-40(46)72)68(70,6)99)105-65-59(57(92)56(91)49(27-83)103-65)104-53(100-29(3)84)25-67(4,5)75)101-45-12-9-31(16-39(45)71)60-69(81-60)50(88)22-37(64(96)97)36-20-35(85)21-44(87)54(36)38-15-30(8-11-43(38)86)41(77-63(55)95)24-52(90)80-69/h8-13,15-21,28-29,33,37,41-42,49,53,55-57,59-60,65,76,81,83-87,91-92,99H,14,22-27,73,75H2,1-7H3,(H2,74,89)(H,77,95)(H,78,98)(H,79,94)(H,80,90)(H,82,93)(H,96,97). The third-order valence-corrected chi connectivity index (χ3v) is 19.4. The molecule has 2 fully saturated rings. The number of rotatable bonds is 18. The lowest BCUT2D eigenvalue weighted by molar-refractivity contribution is -0.331. The maximum absolute atomic E-state index is 16.2. The number of carbonyl (C=O) groups excluding carboxylic acids is 7. The van der Waals surface area contributed by atoms with Crippen LogP contribution in [0.1, 0.15) is 126 Å². The Bertz CT molecular complexity index is 4240. The Morgan fingerprint density at radius 3 is 2.07 bits per heavy atom. The number of hydrogen-bond acceptors (Lipinski definition) is 26. The second-order valence-electron chi connectivity index (χ2n) is 27.9. The van der Waals surface area contributed by atoms with Crippen LogP contribution in [0.15, 0.2) is 78.9 Å². The monoisotopic (exact) mass is 1500 g/mol. The van der Waals surface area contributed by atoms with E-state index in [1.54, 1.807) is 13.8 Å². The van der Waals surface area contributed by atoms with Gasteiger partial charge in [0.2, 0.25) is 47.2 Å². The number of nitrogens with two attached hydrogens (primary N) is 3. The number of primary amides is 1. The average Bonchev–Trinajstić information content (AvgIpc) is 1.64. The Morgan fingerprint density at radius 2 is 1.48 bits per heavy atom. The molecule has 16 atom stereocenters. The Morgan fingerprint density at radius 1 is 0.819 bits per heavy atom. The fourth-order valence-electron chi connectivity index (χ4n) is 13.5. The number of aliphatic hydroxyl groups excluding tert-OH is 4. The molecule has 105 heavy (non-hydrogen) atoms. The van der Waals surface area contributed by atoms with Crippen LogP contribution in [-0.2, 0) is 58.2 Å². The van der Waals surface area contributed by atoms with Crippen LogP contribution >= 0.6 is 23.2 Å². The molecular formula is C70H84Cl2N10O23. The van der Waals surface area contributed by atoms with E-state index >= 15 is 24.0 Å². The van der Waals surface area contributed by atoms with Crippen molar-refractivity contribution in [2.75, 3.05) is 20.2 Å². The van der Waals surface area contributed by atoms with Crippen molar-refractivity contribution in [2.45, 2.75) is 169 Å². The summed E-state index contributed by atoms with van der Waals surface area (Å²) in [5.74, 6) is -17.4. The van der Waals surface area contributed by atoms with Crippen molar-refractivity contribution >= 4 is 70.4 Å². The zero-order chi connectivity index (χ0) is 76.9. The number of phenolic OH excluding ortho intramolecular Hbond substituents is 3. The summed E-state index contributed by atoms with van der Waals surface area (Å²) in [5, 5.41) is 121. The number of likely N-dealkylation sites (N-methyl/N-ethyl adjacent to an activating group) is 1. The van der Waals surface area contributed by atoms with Crippen LogP contribution in [0.4, 0.5) is 0 Å². The van der Waals surface area contributed by atoms with Gasteiger partial charge in [-0.15, -0.1) is 0 Å². The van der Waals surface area contributed by atoms with E-state index in [1.165, 1.54) is 56.4 Å². The summed E-state index contributed by atoms with van der Waals surface area (Å²) in [4.78, 5) is 119. The Labute approximate surface area is 610 Å². The number of halogens is 2. The number of nitrogens with one attached hydrogen (secondary N) is 7. The van der Waals surface area contributed by atoms with Crippen molar-refractivity contribution in [1.29, 1.82) is 0 Å². The normalized spacial score (nSPS) is 27.8. The van der Waals surface area contributed by atoms with Crippen molar-refractivity contribution in [3.05, 3.63) is 117 Å². The predicted octanol–water partition coefficient (Wildman–Crippen LogP) is 1.62. The van der Waals surface area contributed by atoms with Gasteiger partial charge in [-0.1, -0.05) is 55.2 Å². The molecule has 7 aliphatic rings. The van der Waals surface area contributed by atoms with E-state index in [9.17, 15) is 60.3 Å². The van der Waals surface area contributed by atoms with E-state index < -0.39 is 220 Å². The first-order chi connectivity index (χ1) is 49.3. The van der Waals surface area contributed by atoms with E-state index in [0.29, 0.717) is 0 Å². The fourth-order valence-corrected chi connectivity index (χ4v) is 13.9. The molecule has 566 valence electrons. The number of aromatic hydroxyl groups is 3.